The molecule has 0 amide bonds. The summed E-state index contributed by atoms with van der Waals surface area (Å²) in [6.07, 6.45) is 0. The average Bonchev–Trinajstić information content (AvgIpc) is 2.23. The lowest BCUT2D eigenvalue weighted by atomic mass is 9.98. The molecule has 0 aliphatic carbocycles. The molecule has 0 aromatic heterocycles. The summed E-state index contributed by atoms with van der Waals surface area (Å²) in [6.45, 7) is 8.16. The zero-order chi connectivity index (χ0) is 10.8. The first kappa shape index (κ1) is 9.97. The predicted octanol–water partition coefficient (Wildman–Crippen LogP) is 4.15. The summed E-state index contributed by atoms with van der Waals surface area (Å²) in [4.78, 5) is 0. The van der Waals surface area contributed by atoms with Crippen molar-refractivity contribution in [2.75, 3.05) is 0 Å². The third-order valence-electron chi connectivity index (χ3n) is 2.66. The van der Waals surface area contributed by atoms with Gasteiger partial charge in [-0.25, -0.2) is 0 Å². The molecule has 15 heavy (non-hydrogen) atoms. The standard InChI is InChI=1S/C15H15/c1-11-5-8-14(9-6-11)15-10-12(2)4-7-13(15)3/h4-10H,1H2,2-3H3. The van der Waals surface area contributed by atoms with E-state index in [0.717, 1.165) is 5.56 Å². The first-order chi connectivity index (χ1) is 7.16. The first-order valence-electron chi connectivity index (χ1n) is 5.16. The van der Waals surface area contributed by atoms with Crippen LogP contribution in [0, 0.1) is 20.8 Å². The van der Waals surface area contributed by atoms with E-state index in [-0.39, 0.29) is 0 Å². The highest BCUT2D eigenvalue weighted by molar-refractivity contribution is 5.68. The molecule has 0 spiro atoms. The number of rotatable bonds is 1. The van der Waals surface area contributed by atoms with Gasteiger partial charge in [-0.1, -0.05) is 48.0 Å². The Bertz CT molecular complexity index is 464. The maximum atomic E-state index is 3.90. The van der Waals surface area contributed by atoms with Crippen LogP contribution in [0.4, 0.5) is 0 Å². The van der Waals surface area contributed by atoms with Crippen molar-refractivity contribution in [1.82, 2.24) is 0 Å². The van der Waals surface area contributed by atoms with E-state index in [1.807, 2.05) is 0 Å². The second-order valence-electron chi connectivity index (χ2n) is 4.02. The Balaban J connectivity index is 2.53. The van der Waals surface area contributed by atoms with E-state index in [9.17, 15) is 0 Å². The summed E-state index contributed by atoms with van der Waals surface area (Å²) in [5.74, 6) is 0. The van der Waals surface area contributed by atoms with E-state index < -0.39 is 0 Å². The fourth-order valence-electron chi connectivity index (χ4n) is 1.73. The smallest absolute Gasteiger partial charge is 0.0152 e. The van der Waals surface area contributed by atoms with Gasteiger partial charge in [0.2, 0.25) is 0 Å². The van der Waals surface area contributed by atoms with Crippen molar-refractivity contribution in [2.45, 2.75) is 13.8 Å². The second kappa shape index (κ2) is 3.90. The normalized spacial score (nSPS) is 10.3. The first-order valence-corrected chi connectivity index (χ1v) is 5.16. The quantitative estimate of drug-likeness (QED) is 0.641. The van der Waals surface area contributed by atoms with E-state index in [4.69, 9.17) is 0 Å². The molecule has 0 unspecified atom stereocenters. The van der Waals surface area contributed by atoms with Gasteiger partial charge in [-0.15, -0.1) is 0 Å². The molecule has 1 radical (unpaired) electrons. The van der Waals surface area contributed by atoms with Crippen LogP contribution in [0.15, 0.2) is 42.5 Å². The summed E-state index contributed by atoms with van der Waals surface area (Å²) >= 11 is 0. The van der Waals surface area contributed by atoms with Crippen molar-refractivity contribution in [3.05, 3.63) is 66.1 Å². The van der Waals surface area contributed by atoms with E-state index in [0.29, 0.717) is 0 Å². The molecular weight excluding hydrogens is 180 g/mol. The average molecular weight is 195 g/mol. The molecule has 0 aliphatic heterocycles. The molecule has 0 fully saturated rings. The van der Waals surface area contributed by atoms with Gasteiger partial charge in [-0.2, -0.15) is 0 Å². The van der Waals surface area contributed by atoms with Gasteiger partial charge in [-0.3, -0.25) is 0 Å². The predicted molar refractivity (Wildman–Crippen MR) is 65.8 cm³/mol. The number of benzene rings is 2. The lowest BCUT2D eigenvalue weighted by Gasteiger charge is -2.07. The van der Waals surface area contributed by atoms with Crippen LogP contribution in [0.5, 0.6) is 0 Å². The fraction of sp³-hybridized carbons (Fsp3) is 0.133. The lowest BCUT2D eigenvalue weighted by molar-refractivity contribution is 1.39. The van der Waals surface area contributed by atoms with Crippen molar-refractivity contribution in [3.63, 3.8) is 0 Å². The van der Waals surface area contributed by atoms with Crippen molar-refractivity contribution >= 4 is 0 Å². The molecule has 0 N–H and O–H groups in total. The summed E-state index contributed by atoms with van der Waals surface area (Å²) in [5.41, 5.74) is 6.26. The number of aryl methyl sites for hydroxylation is 2. The summed E-state index contributed by atoms with van der Waals surface area (Å²) in [5, 5.41) is 0. The minimum Gasteiger partial charge on any atom is -0.0590 e. The van der Waals surface area contributed by atoms with E-state index in [1.54, 1.807) is 0 Å². The van der Waals surface area contributed by atoms with Crippen LogP contribution in [0.1, 0.15) is 16.7 Å². The fourth-order valence-corrected chi connectivity index (χ4v) is 1.73. The minimum atomic E-state index is 1.06. The molecule has 0 aliphatic rings. The molecule has 0 saturated carbocycles. The Kier molecular flexibility index (Phi) is 2.59. The number of hydrogen-bond acceptors (Lipinski definition) is 0. The highest BCUT2D eigenvalue weighted by atomic mass is 14.1. The molecule has 0 heterocycles. The van der Waals surface area contributed by atoms with Gasteiger partial charge in [0, 0.05) is 0 Å². The topological polar surface area (TPSA) is 0 Å². The van der Waals surface area contributed by atoms with Gasteiger partial charge in [0.25, 0.3) is 0 Å². The van der Waals surface area contributed by atoms with Gasteiger partial charge in [0.05, 0.1) is 0 Å². The highest BCUT2D eigenvalue weighted by Gasteiger charge is 2.01. The lowest BCUT2D eigenvalue weighted by Crippen LogP contribution is -1.84. The van der Waals surface area contributed by atoms with Gasteiger partial charge < -0.3 is 0 Å². The SMILES string of the molecule is [CH2]c1ccc(-c2cc(C)ccc2C)cc1. The Morgan fingerprint density at radius 1 is 0.867 bits per heavy atom. The zero-order valence-corrected chi connectivity index (χ0v) is 9.25. The highest BCUT2D eigenvalue weighted by Crippen LogP contribution is 2.24. The van der Waals surface area contributed by atoms with E-state index in [1.165, 1.54) is 22.3 Å². The van der Waals surface area contributed by atoms with Crippen LogP contribution < -0.4 is 0 Å². The molecule has 2 aromatic carbocycles. The van der Waals surface area contributed by atoms with Crippen molar-refractivity contribution in [3.8, 4) is 11.1 Å². The summed E-state index contributed by atoms with van der Waals surface area (Å²) in [6, 6.07) is 14.9. The van der Waals surface area contributed by atoms with E-state index in [2.05, 4.69) is 63.2 Å². The molecule has 0 heteroatoms. The molecule has 2 rings (SSSR count). The largest absolute Gasteiger partial charge is 0.0590 e. The maximum Gasteiger partial charge on any atom is -0.0152 e. The van der Waals surface area contributed by atoms with Crippen molar-refractivity contribution < 1.29 is 0 Å². The Morgan fingerprint density at radius 2 is 1.53 bits per heavy atom. The minimum absolute atomic E-state index is 1.06. The Labute approximate surface area is 91.6 Å². The molecular formula is C15H15. The van der Waals surface area contributed by atoms with Gasteiger partial charge in [0.1, 0.15) is 0 Å². The third-order valence-corrected chi connectivity index (χ3v) is 2.66. The summed E-state index contributed by atoms with van der Waals surface area (Å²) < 4.78 is 0. The molecule has 0 nitrogen and oxygen atoms in total. The van der Waals surface area contributed by atoms with Crippen LogP contribution >= 0.6 is 0 Å². The molecule has 2 aromatic rings. The molecule has 75 valence electrons. The van der Waals surface area contributed by atoms with Crippen LogP contribution in [0.3, 0.4) is 0 Å². The van der Waals surface area contributed by atoms with Crippen molar-refractivity contribution in [1.29, 1.82) is 0 Å². The van der Waals surface area contributed by atoms with Crippen LogP contribution in [0.2, 0.25) is 0 Å². The number of hydrogen-bond donors (Lipinski definition) is 0. The second-order valence-corrected chi connectivity index (χ2v) is 4.02. The van der Waals surface area contributed by atoms with Gasteiger partial charge >= 0.3 is 0 Å². The summed E-state index contributed by atoms with van der Waals surface area (Å²) in [7, 11) is 0. The van der Waals surface area contributed by atoms with Gasteiger partial charge in [0.15, 0.2) is 0 Å². The molecule has 0 bridgehead atoms. The van der Waals surface area contributed by atoms with Crippen LogP contribution in [-0.4, -0.2) is 0 Å². The van der Waals surface area contributed by atoms with Crippen LogP contribution in [-0.2, 0) is 0 Å². The maximum absolute atomic E-state index is 3.90. The van der Waals surface area contributed by atoms with Crippen LogP contribution in [0.25, 0.3) is 11.1 Å². The molecule has 0 atom stereocenters. The van der Waals surface area contributed by atoms with E-state index >= 15 is 0 Å². The Morgan fingerprint density at radius 3 is 2.20 bits per heavy atom. The monoisotopic (exact) mass is 195 g/mol. The Hall–Kier alpha value is -1.56. The third kappa shape index (κ3) is 2.10. The van der Waals surface area contributed by atoms with Crippen molar-refractivity contribution in [2.24, 2.45) is 0 Å². The molecule has 0 saturated heterocycles. The zero-order valence-electron chi connectivity index (χ0n) is 9.25. The van der Waals surface area contributed by atoms with Gasteiger partial charge in [-0.05, 0) is 43.0 Å².